The van der Waals surface area contributed by atoms with Crippen LogP contribution >= 0.6 is 0 Å². The van der Waals surface area contributed by atoms with Gasteiger partial charge in [-0.05, 0) is 30.7 Å². The highest BCUT2D eigenvalue weighted by atomic mass is 19.1. The first-order valence-electron chi connectivity index (χ1n) is 6.86. The first-order chi connectivity index (χ1) is 10.5. The van der Waals surface area contributed by atoms with Crippen molar-refractivity contribution in [3.63, 3.8) is 0 Å². The Morgan fingerprint density at radius 1 is 1.41 bits per heavy atom. The fraction of sp³-hybridized carbons (Fsp3) is 0.267. The number of carbonyl (C=O) groups is 2. The van der Waals surface area contributed by atoms with Crippen molar-refractivity contribution in [2.24, 2.45) is 5.73 Å². The first-order valence-corrected chi connectivity index (χ1v) is 6.86. The van der Waals surface area contributed by atoms with Crippen LogP contribution in [-0.2, 0) is 17.9 Å². The molecular formula is C15H15FN4O2. The number of benzene rings is 1. The number of carbonyl (C=O) groups excluding carboxylic acids is 2. The third-order valence-electron chi connectivity index (χ3n) is 3.84. The number of amides is 2. The van der Waals surface area contributed by atoms with Crippen LogP contribution in [0, 0.1) is 12.7 Å². The van der Waals surface area contributed by atoms with Crippen LogP contribution < -0.4 is 5.73 Å². The molecule has 7 heteroatoms. The van der Waals surface area contributed by atoms with Crippen LogP contribution in [0.5, 0.6) is 0 Å². The summed E-state index contributed by atoms with van der Waals surface area (Å²) in [5.74, 6) is -0.925. The highest BCUT2D eigenvalue weighted by Gasteiger charge is 2.27. The molecule has 0 aliphatic carbocycles. The highest BCUT2D eigenvalue weighted by Crippen LogP contribution is 2.28. The summed E-state index contributed by atoms with van der Waals surface area (Å²) in [6.45, 7) is 2.95. The normalized spacial score (nSPS) is 13.8. The molecule has 0 radical (unpaired) electrons. The molecule has 0 spiro atoms. The van der Waals surface area contributed by atoms with Crippen molar-refractivity contribution in [2.75, 3.05) is 6.54 Å². The van der Waals surface area contributed by atoms with Gasteiger partial charge in [-0.2, -0.15) is 5.10 Å². The van der Waals surface area contributed by atoms with Crippen molar-refractivity contribution in [3.05, 3.63) is 40.8 Å². The van der Waals surface area contributed by atoms with E-state index in [4.69, 9.17) is 5.73 Å². The standard InChI is InChI=1S/C15H15FN4O2/c1-9-6-10(2-3-11(9)16)14-13(15(17)22)12-7-19(8-21)4-5-20(12)18-14/h2-3,6,8H,4-5,7H2,1H3,(H2,17,22). The number of nitrogens with two attached hydrogens (primary N) is 1. The molecule has 3 rings (SSSR count). The maximum Gasteiger partial charge on any atom is 0.252 e. The summed E-state index contributed by atoms with van der Waals surface area (Å²) in [6, 6.07) is 4.54. The Kier molecular flexibility index (Phi) is 3.40. The van der Waals surface area contributed by atoms with Gasteiger partial charge in [0.05, 0.1) is 24.3 Å². The molecular weight excluding hydrogens is 287 g/mol. The Morgan fingerprint density at radius 3 is 2.82 bits per heavy atom. The van der Waals surface area contributed by atoms with Gasteiger partial charge in [0.2, 0.25) is 6.41 Å². The molecule has 2 amide bonds. The van der Waals surface area contributed by atoms with Crippen molar-refractivity contribution in [2.45, 2.75) is 20.0 Å². The zero-order valence-corrected chi connectivity index (χ0v) is 12.0. The summed E-state index contributed by atoms with van der Waals surface area (Å²) < 4.78 is 15.1. The van der Waals surface area contributed by atoms with E-state index in [1.54, 1.807) is 28.6 Å². The van der Waals surface area contributed by atoms with Crippen molar-refractivity contribution < 1.29 is 14.0 Å². The van der Waals surface area contributed by atoms with Crippen LogP contribution in [0.15, 0.2) is 18.2 Å². The van der Waals surface area contributed by atoms with Gasteiger partial charge in [-0.1, -0.05) is 0 Å². The Morgan fingerprint density at radius 2 is 2.18 bits per heavy atom. The third-order valence-corrected chi connectivity index (χ3v) is 3.84. The fourth-order valence-electron chi connectivity index (χ4n) is 2.68. The van der Waals surface area contributed by atoms with E-state index >= 15 is 0 Å². The molecule has 0 unspecified atom stereocenters. The summed E-state index contributed by atoms with van der Waals surface area (Å²) in [5, 5.41) is 4.43. The zero-order valence-electron chi connectivity index (χ0n) is 12.0. The van der Waals surface area contributed by atoms with Gasteiger partial charge in [-0.15, -0.1) is 0 Å². The van der Waals surface area contributed by atoms with Crippen LogP contribution in [0.25, 0.3) is 11.3 Å². The number of aromatic nitrogens is 2. The van der Waals surface area contributed by atoms with E-state index in [1.807, 2.05) is 0 Å². The maximum atomic E-state index is 13.4. The van der Waals surface area contributed by atoms with E-state index < -0.39 is 5.91 Å². The summed E-state index contributed by atoms with van der Waals surface area (Å²) in [4.78, 5) is 24.4. The Labute approximate surface area is 126 Å². The molecule has 2 N–H and O–H groups in total. The monoisotopic (exact) mass is 302 g/mol. The van der Waals surface area contributed by atoms with E-state index in [0.29, 0.717) is 35.6 Å². The largest absolute Gasteiger partial charge is 0.365 e. The summed E-state index contributed by atoms with van der Waals surface area (Å²) in [5.41, 5.74) is 7.93. The van der Waals surface area contributed by atoms with Crippen molar-refractivity contribution in [1.29, 1.82) is 0 Å². The van der Waals surface area contributed by atoms with Gasteiger partial charge in [0, 0.05) is 12.1 Å². The van der Waals surface area contributed by atoms with Crippen LogP contribution in [0.2, 0.25) is 0 Å². The second-order valence-corrected chi connectivity index (χ2v) is 5.30. The number of halogens is 1. The molecule has 2 aromatic rings. The molecule has 114 valence electrons. The Bertz CT molecular complexity index is 769. The van der Waals surface area contributed by atoms with Crippen molar-refractivity contribution in [1.82, 2.24) is 14.7 Å². The van der Waals surface area contributed by atoms with Gasteiger partial charge < -0.3 is 10.6 Å². The average Bonchev–Trinajstić information content (AvgIpc) is 2.88. The lowest BCUT2D eigenvalue weighted by molar-refractivity contribution is -0.119. The molecule has 1 aliphatic rings. The second kappa shape index (κ2) is 5.25. The average molecular weight is 302 g/mol. The van der Waals surface area contributed by atoms with E-state index in [-0.39, 0.29) is 17.9 Å². The minimum atomic E-state index is -0.606. The minimum Gasteiger partial charge on any atom is -0.365 e. The molecule has 22 heavy (non-hydrogen) atoms. The maximum absolute atomic E-state index is 13.4. The lowest BCUT2D eigenvalue weighted by Crippen LogP contribution is -2.34. The summed E-state index contributed by atoms with van der Waals surface area (Å²) in [7, 11) is 0. The molecule has 1 aromatic heterocycles. The van der Waals surface area contributed by atoms with E-state index in [9.17, 15) is 14.0 Å². The molecule has 0 fully saturated rings. The van der Waals surface area contributed by atoms with Gasteiger partial charge in [-0.25, -0.2) is 4.39 Å². The van der Waals surface area contributed by atoms with E-state index in [0.717, 1.165) is 6.41 Å². The number of fused-ring (bicyclic) bond motifs is 1. The topological polar surface area (TPSA) is 81.2 Å². The Hall–Kier alpha value is -2.70. The van der Waals surface area contributed by atoms with Crippen LogP contribution in [-0.4, -0.2) is 33.5 Å². The van der Waals surface area contributed by atoms with Crippen molar-refractivity contribution >= 4 is 12.3 Å². The Balaban J connectivity index is 2.16. The number of hydrogen-bond donors (Lipinski definition) is 1. The van der Waals surface area contributed by atoms with Gasteiger partial charge in [0.25, 0.3) is 5.91 Å². The van der Waals surface area contributed by atoms with E-state index in [2.05, 4.69) is 5.10 Å². The number of rotatable bonds is 3. The van der Waals surface area contributed by atoms with Gasteiger partial charge in [0.15, 0.2) is 0 Å². The van der Waals surface area contributed by atoms with Gasteiger partial charge >= 0.3 is 0 Å². The predicted octanol–water partition coefficient (Wildman–Crippen LogP) is 1.07. The predicted molar refractivity (Wildman–Crippen MR) is 77.3 cm³/mol. The molecule has 2 heterocycles. The summed E-state index contributed by atoms with van der Waals surface area (Å²) in [6.07, 6.45) is 0.739. The second-order valence-electron chi connectivity index (χ2n) is 5.30. The van der Waals surface area contributed by atoms with Crippen LogP contribution in [0.4, 0.5) is 4.39 Å². The van der Waals surface area contributed by atoms with E-state index in [1.165, 1.54) is 6.07 Å². The van der Waals surface area contributed by atoms with Crippen LogP contribution in [0.3, 0.4) is 0 Å². The molecule has 0 saturated heterocycles. The first kappa shape index (κ1) is 14.2. The fourth-order valence-corrected chi connectivity index (χ4v) is 2.68. The number of aryl methyl sites for hydroxylation is 1. The number of nitrogens with zero attached hydrogens (tertiary/aromatic N) is 3. The minimum absolute atomic E-state index is 0.287. The molecule has 0 bridgehead atoms. The summed E-state index contributed by atoms with van der Waals surface area (Å²) >= 11 is 0. The zero-order chi connectivity index (χ0) is 15.9. The third kappa shape index (κ3) is 2.24. The molecule has 0 saturated carbocycles. The molecule has 1 aromatic carbocycles. The van der Waals surface area contributed by atoms with Crippen molar-refractivity contribution in [3.8, 4) is 11.3 Å². The molecule has 6 nitrogen and oxygen atoms in total. The van der Waals surface area contributed by atoms with Gasteiger partial charge in [0.1, 0.15) is 11.5 Å². The molecule has 0 atom stereocenters. The highest BCUT2D eigenvalue weighted by molar-refractivity contribution is 6.00. The number of primary amides is 1. The van der Waals surface area contributed by atoms with Crippen LogP contribution in [0.1, 0.15) is 21.6 Å². The SMILES string of the molecule is Cc1cc(-c2nn3c(c2C(N)=O)CN(C=O)CC3)ccc1F. The molecule has 1 aliphatic heterocycles. The smallest absolute Gasteiger partial charge is 0.252 e. The lowest BCUT2D eigenvalue weighted by Gasteiger charge is -2.24. The quantitative estimate of drug-likeness (QED) is 0.861. The van der Waals surface area contributed by atoms with Gasteiger partial charge in [-0.3, -0.25) is 14.3 Å². The number of hydrogen-bond acceptors (Lipinski definition) is 3. The lowest BCUT2D eigenvalue weighted by atomic mass is 10.0.